The summed E-state index contributed by atoms with van der Waals surface area (Å²) in [6.45, 7) is 1.97. The van der Waals surface area contributed by atoms with Crippen molar-refractivity contribution >= 4 is 20.8 Å². The zero-order valence-corrected chi connectivity index (χ0v) is 16.3. The molecule has 28 heavy (non-hydrogen) atoms. The Balaban J connectivity index is 2.04. The van der Waals surface area contributed by atoms with Gasteiger partial charge in [-0.2, -0.15) is 0 Å². The number of hydrogen-bond acceptors (Lipinski definition) is 4. The molecule has 3 aromatic carbocycles. The number of aryl methyl sites for hydroxylation is 1. The van der Waals surface area contributed by atoms with Crippen LogP contribution in [0.1, 0.15) is 5.56 Å². The van der Waals surface area contributed by atoms with Crippen LogP contribution in [0.4, 0.5) is 0 Å². The fourth-order valence-corrected chi connectivity index (χ4v) is 3.89. The van der Waals surface area contributed by atoms with Crippen molar-refractivity contribution < 1.29 is 12.8 Å². The van der Waals surface area contributed by atoms with Gasteiger partial charge in [0.15, 0.2) is 9.84 Å². The Labute approximate surface area is 163 Å². The molecule has 0 bridgehead atoms. The van der Waals surface area contributed by atoms with Crippen molar-refractivity contribution in [2.24, 2.45) is 0 Å². The van der Waals surface area contributed by atoms with Gasteiger partial charge in [0, 0.05) is 11.8 Å². The number of fused-ring (bicyclic) bond motifs is 1. The van der Waals surface area contributed by atoms with Crippen molar-refractivity contribution in [3.8, 4) is 22.5 Å². The molecule has 0 amide bonds. The van der Waals surface area contributed by atoms with Crippen LogP contribution in [0.25, 0.3) is 33.4 Å². The lowest BCUT2D eigenvalue weighted by atomic mass is 9.97. The maximum absolute atomic E-state index is 13.3. The number of sulfone groups is 1. The molecule has 140 valence electrons. The van der Waals surface area contributed by atoms with Crippen LogP contribution in [-0.4, -0.2) is 14.7 Å². The van der Waals surface area contributed by atoms with Gasteiger partial charge in [0.1, 0.15) is 11.3 Å². The summed E-state index contributed by atoms with van der Waals surface area (Å²) in [4.78, 5) is 13.5. The molecule has 1 heterocycles. The molecule has 0 N–H and O–H groups in total. The van der Waals surface area contributed by atoms with Crippen LogP contribution in [0.5, 0.6) is 0 Å². The molecule has 0 aliphatic heterocycles. The average molecular weight is 390 g/mol. The summed E-state index contributed by atoms with van der Waals surface area (Å²) in [5.74, 6) is 0.425. The van der Waals surface area contributed by atoms with Crippen LogP contribution in [0.15, 0.2) is 86.9 Å². The molecule has 5 heteroatoms. The first-order valence-electron chi connectivity index (χ1n) is 8.78. The van der Waals surface area contributed by atoms with Crippen LogP contribution in [0, 0.1) is 6.92 Å². The minimum Gasteiger partial charge on any atom is -0.455 e. The zero-order chi connectivity index (χ0) is 19.9. The van der Waals surface area contributed by atoms with Gasteiger partial charge >= 0.3 is 0 Å². The zero-order valence-electron chi connectivity index (χ0n) is 15.5. The summed E-state index contributed by atoms with van der Waals surface area (Å²) in [6, 6.07) is 21.2. The predicted molar refractivity (Wildman–Crippen MR) is 111 cm³/mol. The van der Waals surface area contributed by atoms with Gasteiger partial charge in [0.25, 0.3) is 0 Å². The highest BCUT2D eigenvalue weighted by Gasteiger charge is 2.18. The van der Waals surface area contributed by atoms with E-state index in [1.54, 1.807) is 30.3 Å². The summed E-state index contributed by atoms with van der Waals surface area (Å²) in [5.41, 5.74) is 3.28. The van der Waals surface area contributed by atoms with Gasteiger partial charge < -0.3 is 4.42 Å². The van der Waals surface area contributed by atoms with Crippen LogP contribution < -0.4 is 5.43 Å². The topological polar surface area (TPSA) is 64.3 Å². The molecular weight excluding hydrogens is 372 g/mol. The lowest BCUT2D eigenvalue weighted by Gasteiger charge is -2.11. The van der Waals surface area contributed by atoms with E-state index in [0.29, 0.717) is 27.9 Å². The maximum atomic E-state index is 13.3. The third-order valence-electron chi connectivity index (χ3n) is 4.65. The normalized spacial score (nSPS) is 11.6. The standard InChI is InChI=1S/C23H18O4S/c1-15-6-5-7-17(14-15)21-22(24)19-8-3-4-9-20(19)27-23(21)16-10-12-18(13-11-16)28(2,25)26/h3-14H,1-2H3. The van der Waals surface area contributed by atoms with E-state index in [4.69, 9.17) is 4.42 Å². The first kappa shape index (κ1) is 18.2. The van der Waals surface area contributed by atoms with Crippen molar-refractivity contribution in [1.29, 1.82) is 0 Å². The van der Waals surface area contributed by atoms with E-state index in [-0.39, 0.29) is 10.3 Å². The Kier molecular flexibility index (Phi) is 4.40. The minimum atomic E-state index is -3.30. The van der Waals surface area contributed by atoms with Gasteiger partial charge in [-0.05, 0) is 48.9 Å². The summed E-state index contributed by atoms with van der Waals surface area (Å²) < 4.78 is 29.7. The van der Waals surface area contributed by atoms with Crippen molar-refractivity contribution in [1.82, 2.24) is 0 Å². The SMILES string of the molecule is Cc1cccc(-c2c(-c3ccc(S(C)(=O)=O)cc3)oc3ccccc3c2=O)c1. The predicted octanol–water partition coefficient (Wildman–Crippen LogP) is 4.84. The van der Waals surface area contributed by atoms with E-state index in [1.807, 2.05) is 37.3 Å². The lowest BCUT2D eigenvalue weighted by Crippen LogP contribution is -2.07. The van der Waals surface area contributed by atoms with Crippen LogP contribution in [-0.2, 0) is 9.84 Å². The van der Waals surface area contributed by atoms with Gasteiger partial charge in [-0.1, -0.05) is 42.0 Å². The first-order chi connectivity index (χ1) is 13.3. The molecule has 0 aliphatic rings. The van der Waals surface area contributed by atoms with E-state index < -0.39 is 9.84 Å². The lowest BCUT2D eigenvalue weighted by molar-refractivity contribution is 0.601. The van der Waals surface area contributed by atoms with Crippen molar-refractivity contribution in [2.45, 2.75) is 11.8 Å². The maximum Gasteiger partial charge on any atom is 0.201 e. The summed E-state index contributed by atoms with van der Waals surface area (Å²) in [7, 11) is -3.30. The number of rotatable bonds is 3. The average Bonchev–Trinajstić information content (AvgIpc) is 2.67. The van der Waals surface area contributed by atoms with E-state index in [2.05, 4.69) is 0 Å². The van der Waals surface area contributed by atoms with Gasteiger partial charge in [0.2, 0.25) is 5.43 Å². The second kappa shape index (κ2) is 6.77. The van der Waals surface area contributed by atoms with Crippen molar-refractivity contribution in [3.05, 3.63) is 88.6 Å². The Bertz CT molecular complexity index is 1350. The molecule has 0 saturated carbocycles. The second-order valence-electron chi connectivity index (χ2n) is 6.80. The molecule has 0 radical (unpaired) electrons. The van der Waals surface area contributed by atoms with E-state index in [1.165, 1.54) is 12.1 Å². The monoisotopic (exact) mass is 390 g/mol. The summed E-state index contributed by atoms with van der Waals surface area (Å²) >= 11 is 0. The molecule has 4 nitrogen and oxygen atoms in total. The molecule has 0 spiro atoms. The molecule has 0 unspecified atom stereocenters. The quantitative estimate of drug-likeness (QED) is 0.502. The Morgan fingerprint density at radius 2 is 1.54 bits per heavy atom. The molecule has 0 fully saturated rings. The van der Waals surface area contributed by atoms with Crippen molar-refractivity contribution in [2.75, 3.05) is 6.26 Å². The highest BCUT2D eigenvalue weighted by molar-refractivity contribution is 7.90. The smallest absolute Gasteiger partial charge is 0.201 e. The largest absolute Gasteiger partial charge is 0.455 e. The fourth-order valence-electron chi connectivity index (χ4n) is 3.26. The minimum absolute atomic E-state index is 0.116. The second-order valence-corrected chi connectivity index (χ2v) is 8.81. The molecule has 1 aromatic heterocycles. The Hall–Kier alpha value is -3.18. The summed E-state index contributed by atoms with van der Waals surface area (Å²) in [5, 5.41) is 0.510. The number of para-hydroxylation sites is 1. The first-order valence-corrected chi connectivity index (χ1v) is 10.7. The number of benzene rings is 3. The summed E-state index contributed by atoms with van der Waals surface area (Å²) in [6.07, 6.45) is 1.16. The number of hydrogen-bond donors (Lipinski definition) is 0. The third-order valence-corrected chi connectivity index (χ3v) is 5.78. The van der Waals surface area contributed by atoms with Gasteiger partial charge in [-0.15, -0.1) is 0 Å². The fraction of sp³-hybridized carbons (Fsp3) is 0.0870. The molecule has 4 aromatic rings. The van der Waals surface area contributed by atoms with Gasteiger partial charge in [-0.3, -0.25) is 4.79 Å². The van der Waals surface area contributed by atoms with Crippen molar-refractivity contribution in [3.63, 3.8) is 0 Å². The molecule has 0 aliphatic carbocycles. The van der Waals surface area contributed by atoms with Crippen LogP contribution in [0.3, 0.4) is 0 Å². The molecule has 4 rings (SSSR count). The highest BCUT2D eigenvalue weighted by Crippen LogP contribution is 2.33. The highest BCUT2D eigenvalue weighted by atomic mass is 32.2. The molecule has 0 saturated heterocycles. The van der Waals surface area contributed by atoms with Crippen LogP contribution in [0.2, 0.25) is 0 Å². The van der Waals surface area contributed by atoms with E-state index in [9.17, 15) is 13.2 Å². The Morgan fingerprint density at radius 3 is 2.21 bits per heavy atom. The molecule has 0 atom stereocenters. The van der Waals surface area contributed by atoms with E-state index >= 15 is 0 Å². The van der Waals surface area contributed by atoms with Gasteiger partial charge in [0.05, 0.1) is 15.8 Å². The third kappa shape index (κ3) is 3.25. The molecular formula is C23H18O4S. The Morgan fingerprint density at radius 1 is 0.821 bits per heavy atom. The van der Waals surface area contributed by atoms with Crippen LogP contribution >= 0.6 is 0 Å². The van der Waals surface area contributed by atoms with E-state index in [0.717, 1.165) is 17.4 Å². The van der Waals surface area contributed by atoms with Gasteiger partial charge in [-0.25, -0.2) is 8.42 Å².